The van der Waals surface area contributed by atoms with Gasteiger partial charge in [-0.1, -0.05) is 127 Å². The first-order chi connectivity index (χ1) is 22.8. The van der Waals surface area contributed by atoms with Crippen molar-refractivity contribution in [2.75, 3.05) is 4.90 Å². The van der Waals surface area contributed by atoms with E-state index >= 15 is 0 Å². The molecular formula is C44H29NO. The molecule has 9 aromatic rings. The summed E-state index contributed by atoms with van der Waals surface area (Å²) in [6, 6.07) is 62.9. The first kappa shape index (κ1) is 26.3. The van der Waals surface area contributed by atoms with Gasteiger partial charge in [0, 0.05) is 27.7 Å². The summed E-state index contributed by atoms with van der Waals surface area (Å²) in [5.74, 6) is 0. The molecule has 8 aromatic carbocycles. The predicted molar refractivity (Wildman–Crippen MR) is 194 cm³/mol. The van der Waals surface area contributed by atoms with Crippen molar-refractivity contribution in [3.05, 3.63) is 176 Å². The molecule has 0 spiro atoms. The van der Waals surface area contributed by atoms with E-state index in [1.807, 2.05) is 12.1 Å². The second-order valence-corrected chi connectivity index (χ2v) is 11.8. The number of anilines is 3. The Balaban J connectivity index is 1.19. The second-order valence-electron chi connectivity index (χ2n) is 11.8. The SMILES string of the molecule is c1ccc(-c2ccccc2N(c2ccc(-c3ccc4oc5ccccc5c4c3)cc2)c2ccc3c(ccc4ccccc43)c2)cc1. The first-order valence-electron chi connectivity index (χ1n) is 15.7. The van der Waals surface area contributed by atoms with Gasteiger partial charge in [-0.15, -0.1) is 0 Å². The zero-order valence-corrected chi connectivity index (χ0v) is 25.1. The largest absolute Gasteiger partial charge is 0.456 e. The van der Waals surface area contributed by atoms with E-state index in [1.54, 1.807) is 0 Å². The van der Waals surface area contributed by atoms with Gasteiger partial charge in [0.2, 0.25) is 0 Å². The van der Waals surface area contributed by atoms with Gasteiger partial charge in [-0.05, 0) is 86.8 Å². The van der Waals surface area contributed by atoms with Crippen LogP contribution in [0.1, 0.15) is 0 Å². The lowest BCUT2D eigenvalue weighted by Gasteiger charge is -2.28. The molecule has 9 rings (SSSR count). The average Bonchev–Trinajstić information content (AvgIpc) is 3.50. The van der Waals surface area contributed by atoms with E-state index in [4.69, 9.17) is 4.42 Å². The summed E-state index contributed by atoms with van der Waals surface area (Å²) < 4.78 is 6.09. The van der Waals surface area contributed by atoms with E-state index in [-0.39, 0.29) is 0 Å². The lowest BCUT2D eigenvalue weighted by molar-refractivity contribution is 0.669. The van der Waals surface area contributed by atoms with Crippen LogP contribution in [0.5, 0.6) is 0 Å². The maximum atomic E-state index is 6.09. The van der Waals surface area contributed by atoms with Crippen molar-refractivity contribution in [3.63, 3.8) is 0 Å². The van der Waals surface area contributed by atoms with Crippen molar-refractivity contribution >= 4 is 60.5 Å². The highest BCUT2D eigenvalue weighted by Gasteiger charge is 2.18. The molecule has 0 aliphatic carbocycles. The van der Waals surface area contributed by atoms with Crippen LogP contribution in [0, 0.1) is 0 Å². The molecule has 216 valence electrons. The summed E-state index contributed by atoms with van der Waals surface area (Å²) in [6.07, 6.45) is 0. The molecule has 2 nitrogen and oxygen atoms in total. The summed E-state index contributed by atoms with van der Waals surface area (Å²) in [6.45, 7) is 0. The van der Waals surface area contributed by atoms with Crippen LogP contribution in [-0.4, -0.2) is 0 Å². The molecule has 0 saturated carbocycles. The van der Waals surface area contributed by atoms with Crippen LogP contribution in [-0.2, 0) is 0 Å². The molecule has 2 heteroatoms. The zero-order valence-electron chi connectivity index (χ0n) is 25.1. The Hall–Kier alpha value is -6.12. The Bertz CT molecular complexity index is 2530. The average molecular weight is 588 g/mol. The van der Waals surface area contributed by atoms with Crippen molar-refractivity contribution in [1.82, 2.24) is 0 Å². The fraction of sp³-hybridized carbons (Fsp3) is 0. The smallest absolute Gasteiger partial charge is 0.135 e. The lowest BCUT2D eigenvalue weighted by Crippen LogP contribution is -2.11. The van der Waals surface area contributed by atoms with Gasteiger partial charge in [0.1, 0.15) is 11.2 Å². The van der Waals surface area contributed by atoms with Crippen molar-refractivity contribution in [3.8, 4) is 22.3 Å². The standard InChI is InChI=1S/C44H29NO/c1-2-10-31(11-3-1)39-14-6-8-16-42(39)45(36-25-26-38-34(28-36)19-18-32-12-4-5-13-37(32)38)35-23-20-30(21-24-35)33-22-27-44-41(29-33)40-15-7-9-17-43(40)46-44/h1-29H. The molecule has 0 N–H and O–H groups in total. The first-order valence-corrected chi connectivity index (χ1v) is 15.7. The molecule has 1 heterocycles. The minimum atomic E-state index is 0.911. The van der Waals surface area contributed by atoms with Crippen molar-refractivity contribution in [1.29, 1.82) is 0 Å². The predicted octanol–water partition coefficient (Wildman–Crippen LogP) is 12.7. The van der Waals surface area contributed by atoms with Gasteiger partial charge in [-0.25, -0.2) is 0 Å². The Kier molecular flexibility index (Phi) is 6.17. The van der Waals surface area contributed by atoms with Crippen molar-refractivity contribution < 1.29 is 4.42 Å². The summed E-state index contributed by atoms with van der Waals surface area (Å²) in [7, 11) is 0. The molecule has 0 bridgehead atoms. The Morgan fingerprint density at radius 1 is 0.348 bits per heavy atom. The summed E-state index contributed by atoms with van der Waals surface area (Å²) >= 11 is 0. The maximum absolute atomic E-state index is 6.09. The van der Waals surface area contributed by atoms with Gasteiger partial charge >= 0.3 is 0 Å². The fourth-order valence-electron chi connectivity index (χ4n) is 6.81. The number of fused-ring (bicyclic) bond motifs is 6. The van der Waals surface area contributed by atoms with Crippen LogP contribution in [0.3, 0.4) is 0 Å². The highest BCUT2D eigenvalue weighted by atomic mass is 16.3. The third kappa shape index (κ3) is 4.43. The molecule has 46 heavy (non-hydrogen) atoms. The quantitative estimate of drug-likeness (QED) is 0.186. The van der Waals surface area contributed by atoms with Crippen LogP contribution in [0.2, 0.25) is 0 Å². The molecule has 0 radical (unpaired) electrons. The number of furan rings is 1. The molecule has 0 saturated heterocycles. The third-order valence-electron chi connectivity index (χ3n) is 9.05. The van der Waals surface area contributed by atoms with E-state index in [1.165, 1.54) is 38.2 Å². The Labute approximate surface area is 267 Å². The zero-order chi connectivity index (χ0) is 30.5. The van der Waals surface area contributed by atoms with Gasteiger partial charge in [0.15, 0.2) is 0 Å². The van der Waals surface area contributed by atoms with Crippen molar-refractivity contribution in [2.24, 2.45) is 0 Å². The lowest BCUT2D eigenvalue weighted by atomic mass is 9.99. The van der Waals surface area contributed by atoms with Gasteiger partial charge in [0.25, 0.3) is 0 Å². The second kappa shape index (κ2) is 10.8. The van der Waals surface area contributed by atoms with E-state index < -0.39 is 0 Å². The molecule has 1 aromatic heterocycles. The van der Waals surface area contributed by atoms with Gasteiger partial charge in [-0.3, -0.25) is 0 Å². The van der Waals surface area contributed by atoms with Crippen LogP contribution >= 0.6 is 0 Å². The normalized spacial score (nSPS) is 11.5. The van der Waals surface area contributed by atoms with Crippen molar-refractivity contribution in [2.45, 2.75) is 0 Å². The number of hydrogen-bond donors (Lipinski definition) is 0. The van der Waals surface area contributed by atoms with Crippen LogP contribution in [0.4, 0.5) is 17.1 Å². The fourth-order valence-corrected chi connectivity index (χ4v) is 6.81. The maximum Gasteiger partial charge on any atom is 0.135 e. The molecule has 0 atom stereocenters. The molecule has 0 aliphatic heterocycles. The highest BCUT2D eigenvalue weighted by molar-refractivity contribution is 6.09. The molecule has 0 aliphatic rings. The third-order valence-corrected chi connectivity index (χ3v) is 9.05. The Morgan fingerprint density at radius 3 is 1.89 bits per heavy atom. The van der Waals surface area contributed by atoms with E-state index in [9.17, 15) is 0 Å². The monoisotopic (exact) mass is 587 g/mol. The molecule has 0 amide bonds. The molecule has 0 fully saturated rings. The number of nitrogens with zero attached hydrogens (tertiary/aromatic N) is 1. The number of hydrogen-bond acceptors (Lipinski definition) is 2. The summed E-state index contributed by atoms with van der Waals surface area (Å²) in [5, 5.41) is 7.29. The minimum absolute atomic E-state index is 0.911. The van der Waals surface area contributed by atoms with E-state index in [2.05, 4.69) is 169 Å². The van der Waals surface area contributed by atoms with Gasteiger partial charge in [0.05, 0.1) is 5.69 Å². The highest BCUT2D eigenvalue weighted by Crippen LogP contribution is 2.43. The van der Waals surface area contributed by atoms with Crippen LogP contribution < -0.4 is 4.90 Å². The molecular weight excluding hydrogens is 558 g/mol. The number of para-hydroxylation sites is 2. The Morgan fingerprint density at radius 2 is 1.00 bits per heavy atom. The topological polar surface area (TPSA) is 16.4 Å². The minimum Gasteiger partial charge on any atom is -0.456 e. The molecule has 0 unspecified atom stereocenters. The van der Waals surface area contributed by atoms with E-state index in [0.29, 0.717) is 0 Å². The van der Waals surface area contributed by atoms with Crippen LogP contribution in [0.25, 0.3) is 65.7 Å². The van der Waals surface area contributed by atoms with Gasteiger partial charge < -0.3 is 9.32 Å². The summed E-state index contributed by atoms with van der Waals surface area (Å²) in [4.78, 5) is 2.38. The summed E-state index contributed by atoms with van der Waals surface area (Å²) in [5.41, 5.74) is 9.88. The number of benzene rings is 8. The van der Waals surface area contributed by atoms with E-state index in [0.717, 1.165) is 44.6 Å². The van der Waals surface area contributed by atoms with Crippen LogP contribution in [0.15, 0.2) is 180 Å². The van der Waals surface area contributed by atoms with Gasteiger partial charge in [-0.2, -0.15) is 0 Å². The number of rotatable bonds is 5.